The van der Waals surface area contributed by atoms with Crippen molar-refractivity contribution < 1.29 is 0 Å². The van der Waals surface area contributed by atoms with Crippen LogP contribution in [-0.2, 0) is 0 Å². The van der Waals surface area contributed by atoms with Crippen molar-refractivity contribution in [3.05, 3.63) is 370 Å². The summed E-state index contributed by atoms with van der Waals surface area (Å²) in [6.07, 6.45) is 0. The van der Waals surface area contributed by atoms with Crippen molar-refractivity contribution in [1.82, 2.24) is 42.4 Å². The molecule has 0 aliphatic rings. The fourth-order valence-corrected chi connectivity index (χ4v) is 17.9. The van der Waals surface area contributed by atoms with Crippen molar-refractivity contribution in [3.8, 4) is 85.5 Å². The van der Waals surface area contributed by atoms with Crippen molar-refractivity contribution in [2.75, 3.05) is 0 Å². The van der Waals surface area contributed by atoms with Crippen LogP contribution < -0.4 is 0 Å². The Morgan fingerprint density at radius 1 is 0.191 bits per heavy atom. The molecule has 0 bridgehead atoms. The van der Waals surface area contributed by atoms with E-state index in [0.29, 0.717) is 23.0 Å². The maximum atomic E-state index is 11.4. The highest BCUT2D eigenvalue weighted by Gasteiger charge is 2.27. The maximum Gasteiger partial charge on any atom is 0.164 e. The second kappa shape index (κ2) is 23.9. The van der Waals surface area contributed by atoms with Gasteiger partial charge in [0.05, 0.1) is 89.2 Å². The molecule has 0 saturated heterocycles. The lowest BCUT2D eigenvalue weighted by Crippen LogP contribution is -2.04. The van der Waals surface area contributed by atoms with Gasteiger partial charge in [0.15, 0.2) is 17.5 Å². The number of para-hydroxylation sites is 8. The number of nitrogens with zero attached hydrogens (tertiary/aromatic N) is 10. The van der Waals surface area contributed by atoms with Crippen LogP contribution in [0.1, 0.15) is 5.56 Å². The highest BCUT2D eigenvalue weighted by molar-refractivity contribution is 6.17. The zero-order chi connectivity index (χ0) is 72.2. The van der Waals surface area contributed by atoms with Gasteiger partial charge in [0.25, 0.3) is 0 Å². The van der Waals surface area contributed by atoms with E-state index in [1.807, 2.05) is 66.7 Å². The summed E-state index contributed by atoms with van der Waals surface area (Å²) in [6.45, 7) is 0. The van der Waals surface area contributed by atoms with Crippen LogP contribution in [0.25, 0.3) is 210 Å². The Labute approximate surface area is 629 Å². The smallest absolute Gasteiger partial charge is 0.164 e. The number of fused-ring (bicyclic) bond motifs is 18. The Kier molecular flexibility index (Phi) is 13.3. The van der Waals surface area contributed by atoms with Crippen molar-refractivity contribution in [2.24, 2.45) is 0 Å². The molecule has 23 aromatic rings. The van der Waals surface area contributed by atoms with Gasteiger partial charge in [0, 0.05) is 115 Å². The third-order valence-electron chi connectivity index (χ3n) is 22.7. The molecule has 23 rings (SSSR count). The Balaban J connectivity index is 0.826. The summed E-state index contributed by atoms with van der Waals surface area (Å²) in [7, 11) is 0. The van der Waals surface area contributed by atoms with Crippen LogP contribution in [0.3, 0.4) is 0 Å². The summed E-state index contributed by atoms with van der Waals surface area (Å²) in [4.78, 5) is 16.0. The molecule has 7 aromatic heterocycles. The summed E-state index contributed by atoms with van der Waals surface area (Å²) in [6, 6.07) is 133. The Bertz CT molecular complexity index is 7250. The molecule has 0 aliphatic heterocycles. The lowest BCUT2D eigenvalue weighted by atomic mass is 9.96. The Hall–Kier alpha value is -15.2. The number of benzene rings is 16. The third kappa shape index (κ3) is 9.13. The van der Waals surface area contributed by atoms with Gasteiger partial charge < -0.3 is 27.4 Å². The van der Waals surface area contributed by atoms with E-state index >= 15 is 0 Å². The molecule has 0 saturated carbocycles. The molecule has 0 spiro atoms. The van der Waals surface area contributed by atoms with Gasteiger partial charge in [-0.25, -0.2) is 15.0 Å². The zero-order valence-electron chi connectivity index (χ0n) is 59.1. The van der Waals surface area contributed by atoms with E-state index < -0.39 is 0 Å². The summed E-state index contributed by atoms with van der Waals surface area (Å²) < 4.78 is 14.5. The second-order valence-corrected chi connectivity index (χ2v) is 28.6. The van der Waals surface area contributed by atoms with Gasteiger partial charge in [-0.3, -0.25) is 0 Å². The Morgan fingerprint density at radius 2 is 0.436 bits per heavy atom. The lowest BCUT2D eigenvalue weighted by Gasteiger charge is -2.20. The first-order valence-electron chi connectivity index (χ1n) is 37.2. The summed E-state index contributed by atoms with van der Waals surface area (Å²) in [5.41, 5.74) is 23.7. The monoisotopic (exact) mass is 1400 g/mol. The van der Waals surface area contributed by atoms with Crippen molar-refractivity contribution in [1.29, 1.82) is 5.26 Å². The van der Waals surface area contributed by atoms with Gasteiger partial charge in [-0.2, -0.15) is 5.26 Å². The SMILES string of the molecule is N#Cc1ccc(-n2c3ccc(-n4c5ccccc5c5ccccc54)cc3c3cc(-n4c5ccccc5c5ccccc54)ccc32)c(-c2cc(-c3nc(-c4ccccc4)nc(-c4ccccc4)n3)ccc2-n2c3ccc(-n4c5ccccc5c5ccccc54)cc3c3cc(-n4c5ccccc5c5ccccc54)ccc32)c1. The molecule has 0 aliphatic carbocycles. The molecular formula is C100H60N10. The quantitative estimate of drug-likeness (QED) is 0.136. The number of rotatable bonds is 10. The average Bonchev–Trinajstić information content (AvgIpc) is 1.55. The molecular weight excluding hydrogens is 1340 g/mol. The Morgan fingerprint density at radius 3 is 0.727 bits per heavy atom. The van der Waals surface area contributed by atoms with Crippen molar-refractivity contribution >= 4 is 131 Å². The van der Waals surface area contributed by atoms with Gasteiger partial charge in [0.1, 0.15) is 0 Å². The van der Waals surface area contributed by atoms with Crippen LogP contribution in [0.2, 0.25) is 0 Å². The average molecular weight is 1400 g/mol. The van der Waals surface area contributed by atoms with Crippen LogP contribution in [0.4, 0.5) is 0 Å². The van der Waals surface area contributed by atoms with E-state index in [4.69, 9.17) is 15.0 Å². The highest BCUT2D eigenvalue weighted by atomic mass is 15.1. The van der Waals surface area contributed by atoms with Gasteiger partial charge >= 0.3 is 0 Å². The summed E-state index contributed by atoms with van der Waals surface area (Å²) in [5.74, 6) is 1.61. The fraction of sp³-hybridized carbons (Fsp3) is 0. The number of nitriles is 1. The largest absolute Gasteiger partial charge is 0.309 e. The molecule has 16 aromatic carbocycles. The molecule has 0 N–H and O–H groups in total. The van der Waals surface area contributed by atoms with Gasteiger partial charge in [-0.1, -0.05) is 206 Å². The van der Waals surface area contributed by atoms with Gasteiger partial charge in [-0.15, -0.1) is 0 Å². The minimum atomic E-state index is 0.504. The first kappa shape index (κ1) is 61.2. The molecule has 10 heteroatoms. The third-order valence-corrected chi connectivity index (χ3v) is 22.7. The lowest BCUT2D eigenvalue weighted by molar-refractivity contribution is 1.07. The van der Waals surface area contributed by atoms with Crippen molar-refractivity contribution in [2.45, 2.75) is 0 Å². The second-order valence-electron chi connectivity index (χ2n) is 28.6. The van der Waals surface area contributed by atoms with Crippen LogP contribution in [0.5, 0.6) is 0 Å². The maximum absolute atomic E-state index is 11.4. The predicted molar refractivity (Wildman–Crippen MR) is 452 cm³/mol. The molecule has 10 nitrogen and oxygen atoms in total. The van der Waals surface area contributed by atoms with Crippen molar-refractivity contribution in [3.63, 3.8) is 0 Å². The highest BCUT2D eigenvalue weighted by Crippen LogP contribution is 2.47. The van der Waals surface area contributed by atoms with E-state index in [-0.39, 0.29) is 0 Å². The fourth-order valence-electron chi connectivity index (χ4n) is 17.9. The van der Waals surface area contributed by atoms with Crippen LogP contribution in [0, 0.1) is 11.3 Å². The first-order valence-corrected chi connectivity index (χ1v) is 37.2. The molecule has 0 amide bonds. The molecule has 7 heterocycles. The molecule has 510 valence electrons. The van der Waals surface area contributed by atoms with E-state index in [0.717, 1.165) is 150 Å². The van der Waals surface area contributed by atoms with Crippen LogP contribution >= 0.6 is 0 Å². The summed E-state index contributed by atoms with van der Waals surface area (Å²) in [5, 5.41) is 25.3. The predicted octanol–water partition coefficient (Wildman–Crippen LogP) is 25.0. The summed E-state index contributed by atoms with van der Waals surface area (Å²) >= 11 is 0. The number of aromatic nitrogens is 9. The normalized spacial score (nSPS) is 12.0. The molecule has 0 radical (unpaired) electrons. The van der Waals surface area contributed by atoms with E-state index in [9.17, 15) is 5.26 Å². The molecule has 0 atom stereocenters. The number of hydrogen-bond acceptors (Lipinski definition) is 4. The van der Waals surface area contributed by atoms with Crippen LogP contribution in [0.15, 0.2) is 364 Å². The zero-order valence-corrected chi connectivity index (χ0v) is 59.1. The topological polar surface area (TPSA) is 92.0 Å². The van der Waals surface area contributed by atoms with E-state index in [2.05, 4.69) is 331 Å². The molecule has 0 unspecified atom stereocenters. The molecule has 110 heavy (non-hydrogen) atoms. The standard InChI is InChI=1S/C100H60N10/c101-61-62-43-49-92(109-94-51-45-66(105-84-35-15-7-27-70(84)71-28-8-16-36-85(71)105)57-80(94)81-58-67(46-52-95(81)109)106-86-37-17-9-29-72(86)73-30-10-18-38-87(73)106)78(55-62)79-56-65(100-103-98(63-23-3-1-4-24-63)102-99(104-100)64-25-5-2-6-26-64)44-50-93(79)110-96-53-47-68(107-88-39-19-11-31-74(88)75-32-12-20-40-89(75)107)59-82(96)83-60-69(48-54-97(83)110)108-90-41-21-13-33-76(90)77-34-14-22-42-91(77)108/h1-60H. The van der Waals surface area contributed by atoms with Gasteiger partial charge in [-0.05, 0) is 158 Å². The first-order chi connectivity index (χ1) is 54.5. The van der Waals surface area contributed by atoms with E-state index in [1.54, 1.807) is 0 Å². The minimum Gasteiger partial charge on any atom is -0.309 e. The molecule has 0 fully saturated rings. The minimum absolute atomic E-state index is 0.504. The number of hydrogen-bond donors (Lipinski definition) is 0. The van der Waals surface area contributed by atoms with Gasteiger partial charge in [0.2, 0.25) is 0 Å². The van der Waals surface area contributed by atoms with Crippen LogP contribution in [-0.4, -0.2) is 42.4 Å². The van der Waals surface area contributed by atoms with E-state index in [1.165, 1.54) is 43.1 Å².